The summed E-state index contributed by atoms with van der Waals surface area (Å²) in [4.78, 5) is 0. The fraction of sp³-hybridized carbons (Fsp3) is 0.368. The van der Waals surface area contributed by atoms with E-state index in [9.17, 15) is 8.60 Å². The molecule has 0 aliphatic rings. The molecule has 0 heterocycles. The van der Waals surface area contributed by atoms with Crippen molar-refractivity contribution in [3.8, 4) is 0 Å². The van der Waals surface area contributed by atoms with E-state index >= 15 is 0 Å². The zero-order valence-corrected chi connectivity index (χ0v) is 16.1. The Morgan fingerprint density at radius 2 is 1.48 bits per heavy atom. The normalized spacial score (nSPS) is 14.5. The second-order valence-corrected chi connectivity index (χ2v) is 9.85. The van der Waals surface area contributed by atoms with Gasteiger partial charge in [-0.15, -0.1) is 0 Å². The maximum Gasteiger partial charge on any atom is 0.123 e. The summed E-state index contributed by atoms with van der Waals surface area (Å²) in [5.41, 5.74) is 2.21. The Morgan fingerprint density at radius 3 is 1.96 bits per heavy atom. The van der Waals surface area contributed by atoms with Crippen LogP contribution in [0.25, 0.3) is 0 Å². The molecule has 0 saturated heterocycles. The highest BCUT2D eigenvalue weighted by atomic mass is 79.9. The molecule has 0 amide bonds. The fourth-order valence-electron chi connectivity index (χ4n) is 2.45. The van der Waals surface area contributed by atoms with Crippen molar-refractivity contribution in [3.05, 3.63) is 69.9 Å². The molecule has 0 spiro atoms. The van der Waals surface area contributed by atoms with Crippen molar-refractivity contribution in [2.75, 3.05) is 5.75 Å². The Kier molecular flexibility index (Phi) is 6.15. The summed E-state index contributed by atoms with van der Waals surface area (Å²) in [6.07, 6.45) is 0.775. The Bertz CT molecular complexity index is 614. The first-order valence-electron chi connectivity index (χ1n) is 7.67. The van der Waals surface area contributed by atoms with Crippen molar-refractivity contribution in [3.63, 3.8) is 0 Å². The largest absolute Gasteiger partial charge is 0.259 e. The highest BCUT2D eigenvalue weighted by Crippen LogP contribution is 2.30. The van der Waals surface area contributed by atoms with E-state index in [4.69, 9.17) is 0 Å². The van der Waals surface area contributed by atoms with Crippen LogP contribution in [0.2, 0.25) is 0 Å². The molecule has 0 aliphatic carbocycles. The molecule has 2 aromatic rings. The van der Waals surface area contributed by atoms with Crippen LogP contribution in [0.1, 0.15) is 44.2 Å². The molecular weight excluding hydrogens is 375 g/mol. The zero-order chi connectivity index (χ0) is 17.0. The van der Waals surface area contributed by atoms with Gasteiger partial charge in [-0.3, -0.25) is 4.21 Å². The van der Waals surface area contributed by atoms with Crippen LogP contribution in [0.5, 0.6) is 0 Å². The lowest BCUT2D eigenvalue weighted by Gasteiger charge is -2.22. The molecule has 0 aliphatic heterocycles. The van der Waals surface area contributed by atoms with Crippen LogP contribution >= 0.6 is 15.9 Å². The molecule has 2 aromatic carbocycles. The number of benzene rings is 2. The summed E-state index contributed by atoms with van der Waals surface area (Å²) >= 11 is 3.45. The summed E-state index contributed by atoms with van der Waals surface area (Å²) in [7, 11) is -0.898. The summed E-state index contributed by atoms with van der Waals surface area (Å²) < 4.78 is 26.4. The number of halogens is 2. The van der Waals surface area contributed by atoms with Gasteiger partial charge < -0.3 is 0 Å². The molecule has 0 unspecified atom stereocenters. The lowest BCUT2D eigenvalue weighted by atomic mass is 9.89. The molecule has 0 saturated carbocycles. The molecule has 0 N–H and O–H groups in total. The minimum Gasteiger partial charge on any atom is -0.259 e. The molecule has 4 heteroatoms. The van der Waals surface area contributed by atoms with E-state index < -0.39 is 10.8 Å². The second kappa shape index (κ2) is 7.71. The molecule has 0 fully saturated rings. The van der Waals surface area contributed by atoms with E-state index in [0.717, 1.165) is 22.0 Å². The van der Waals surface area contributed by atoms with Gasteiger partial charge in [0.25, 0.3) is 0 Å². The number of hydrogen-bond acceptors (Lipinski definition) is 1. The maximum atomic E-state index is 13.2. The third-order valence-electron chi connectivity index (χ3n) is 3.82. The van der Waals surface area contributed by atoms with Crippen LogP contribution in [-0.4, -0.2) is 14.7 Å². The summed E-state index contributed by atoms with van der Waals surface area (Å²) in [6.45, 7) is 5.99. The molecule has 0 radical (unpaired) electrons. The monoisotopic (exact) mass is 396 g/mol. The first-order chi connectivity index (χ1) is 10.8. The lowest BCUT2D eigenvalue weighted by molar-refractivity contribution is 0.625. The number of rotatable bonds is 5. The quantitative estimate of drug-likeness (QED) is 0.637. The number of hydrogen-bond donors (Lipinski definition) is 0. The second-order valence-electron chi connectivity index (χ2n) is 6.61. The van der Waals surface area contributed by atoms with E-state index in [0.29, 0.717) is 5.75 Å². The molecule has 124 valence electrons. The summed E-state index contributed by atoms with van der Waals surface area (Å²) in [6, 6.07) is 14.8. The third-order valence-corrected chi connectivity index (χ3v) is 6.32. The standard InChI is InChI=1S/C19H22BrFOS/c1-19(2,3)23(22)13-12-18(14-4-8-16(20)9-5-14)15-6-10-17(21)11-7-15/h4-11,18H,12-13H2,1-3H3/t18-,23-/m1/s1. The minimum atomic E-state index is -0.898. The van der Waals surface area contributed by atoms with Gasteiger partial charge in [0.2, 0.25) is 0 Å². The average Bonchev–Trinajstić information content (AvgIpc) is 2.49. The van der Waals surface area contributed by atoms with Crippen molar-refractivity contribution in [1.29, 1.82) is 0 Å². The predicted molar refractivity (Wildman–Crippen MR) is 99.8 cm³/mol. The van der Waals surface area contributed by atoms with Gasteiger partial charge in [-0.05, 0) is 62.6 Å². The van der Waals surface area contributed by atoms with Gasteiger partial charge in [0.1, 0.15) is 5.82 Å². The molecule has 0 bridgehead atoms. The van der Waals surface area contributed by atoms with Crippen molar-refractivity contribution in [2.45, 2.75) is 37.9 Å². The van der Waals surface area contributed by atoms with Crippen LogP contribution < -0.4 is 0 Å². The maximum absolute atomic E-state index is 13.2. The molecule has 2 rings (SSSR count). The Hall–Kier alpha value is -1.00. The van der Waals surface area contributed by atoms with Gasteiger partial charge in [0, 0.05) is 31.7 Å². The summed E-state index contributed by atoms with van der Waals surface area (Å²) in [5, 5.41) is 0. The van der Waals surface area contributed by atoms with Crippen LogP contribution in [0.15, 0.2) is 53.0 Å². The van der Waals surface area contributed by atoms with Crippen LogP contribution in [-0.2, 0) is 10.8 Å². The van der Waals surface area contributed by atoms with Gasteiger partial charge in [0.05, 0.1) is 0 Å². The Morgan fingerprint density at radius 1 is 1.00 bits per heavy atom. The van der Waals surface area contributed by atoms with E-state index in [1.54, 1.807) is 0 Å². The zero-order valence-electron chi connectivity index (χ0n) is 13.7. The van der Waals surface area contributed by atoms with Crippen molar-refractivity contribution < 1.29 is 8.60 Å². The average molecular weight is 397 g/mol. The van der Waals surface area contributed by atoms with Crippen molar-refractivity contribution in [2.24, 2.45) is 0 Å². The lowest BCUT2D eigenvalue weighted by Crippen LogP contribution is -2.25. The highest BCUT2D eigenvalue weighted by molar-refractivity contribution is 9.10. The molecule has 23 heavy (non-hydrogen) atoms. The SMILES string of the molecule is CC(C)(C)[S@](=O)CC[C@@H](c1ccc(F)cc1)c1ccc(Br)cc1. The fourth-order valence-corrected chi connectivity index (χ4v) is 3.77. The van der Waals surface area contributed by atoms with E-state index in [1.807, 2.05) is 45.0 Å². The van der Waals surface area contributed by atoms with Gasteiger partial charge in [-0.25, -0.2) is 4.39 Å². The van der Waals surface area contributed by atoms with Crippen molar-refractivity contribution in [1.82, 2.24) is 0 Å². The van der Waals surface area contributed by atoms with Crippen molar-refractivity contribution >= 4 is 26.7 Å². The summed E-state index contributed by atoms with van der Waals surface area (Å²) in [5.74, 6) is 0.512. The third kappa shape index (κ3) is 5.25. The topological polar surface area (TPSA) is 17.1 Å². The minimum absolute atomic E-state index is 0.120. The Labute approximate surface area is 148 Å². The van der Waals surface area contributed by atoms with Gasteiger partial charge in [-0.2, -0.15) is 0 Å². The predicted octanol–water partition coefficient (Wildman–Crippen LogP) is 5.66. The van der Waals surface area contributed by atoms with Crippen LogP contribution in [0.4, 0.5) is 4.39 Å². The van der Waals surface area contributed by atoms with E-state index in [1.165, 1.54) is 12.1 Å². The first-order valence-corrected chi connectivity index (χ1v) is 9.78. The van der Waals surface area contributed by atoms with Crippen LogP contribution in [0.3, 0.4) is 0 Å². The van der Waals surface area contributed by atoms with Gasteiger partial charge >= 0.3 is 0 Å². The molecule has 1 nitrogen and oxygen atoms in total. The van der Waals surface area contributed by atoms with Crippen LogP contribution in [0, 0.1) is 5.82 Å². The highest BCUT2D eigenvalue weighted by Gasteiger charge is 2.22. The molecule has 0 aromatic heterocycles. The van der Waals surface area contributed by atoms with Gasteiger partial charge in [-0.1, -0.05) is 40.2 Å². The molecule has 2 atom stereocenters. The first kappa shape index (κ1) is 18.3. The Balaban J connectivity index is 2.26. The van der Waals surface area contributed by atoms with E-state index in [2.05, 4.69) is 28.1 Å². The molecular formula is C19H22BrFOS. The van der Waals surface area contributed by atoms with Gasteiger partial charge in [0.15, 0.2) is 0 Å². The van der Waals surface area contributed by atoms with E-state index in [-0.39, 0.29) is 16.5 Å². The smallest absolute Gasteiger partial charge is 0.123 e.